The van der Waals surface area contributed by atoms with Crippen molar-refractivity contribution in [2.45, 2.75) is 23.8 Å². The third-order valence-corrected chi connectivity index (χ3v) is 4.10. The molecule has 1 aromatic rings. The van der Waals surface area contributed by atoms with Gasteiger partial charge in [-0.05, 0) is 25.5 Å². The molecule has 0 amide bonds. The van der Waals surface area contributed by atoms with Crippen molar-refractivity contribution in [1.29, 1.82) is 0 Å². The molecule has 17 heavy (non-hydrogen) atoms. The first-order valence-corrected chi connectivity index (χ1v) is 6.90. The molecule has 94 valence electrons. The van der Waals surface area contributed by atoms with Crippen molar-refractivity contribution >= 4 is 10.0 Å². The van der Waals surface area contributed by atoms with E-state index in [4.69, 9.17) is 0 Å². The lowest BCUT2D eigenvalue weighted by Gasteiger charge is -2.23. The maximum atomic E-state index is 12.9. The van der Waals surface area contributed by atoms with Crippen LogP contribution in [0.5, 0.6) is 0 Å². The molecule has 2 rings (SSSR count). The number of nitrogens with one attached hydrogen (secondary N) is 2. The highest BCUT2D eigenvalue weighted by atomic mass is 32.2. The van der Waals surface area contributed by atoms with Gasteiger partial charge in [0, 0.05) is 18.8 Å². The normalized spacial score (nSPS) is 21.4. The topological polar surface area (TPSA) is 71.1 Å². The predicted octanol–water partition coefficient (Wildman–Crippen LogP) is 0.251. The number of hydrogen-bond donors (Lipinski definition) is 2. The van der Waals surface area contributed by atoms with E-state index in [2.05, 4.69) is 15.0 Å². The molecule has 0 aromatic carbocycles. The van der Waals surface area contributed by atoms with E-state index in [1.54, 1.807) is 0 Å². The van der Waals surface area contributed by atoms with Gasteiger partial charge >= 0.3 is 0 Å². The molecule has 5 nitrogen and oxygen atoms in total. The lowest BCUT2D eigenvalue weighted by Crippen LogP contribution is -2.45. The van der Waals surface area contributed by atoms with Gasteiger partial charge in [0.2, 0.25) is 10.0 Å². The van der Waals surface area contributed by atoms with Crippen molar-refractivity contribution in [2.75, 3.05) is 13.1 Å². The van der Waals surface area contributed by atoms with Gasteiger partial charge in [-0.15, -0.1) is 0 Å². The van der Waals surface area contributed by atoms with E-state index in [1.165, 1.54) is 0 Å². The van der Waals surface area contributed by atoms with Gasteiger partial charge in [-0.2, -0.15) is 0 Å². The quantitative estimate of drug-likeness (QED) is 0.816. The van der Waals surface area contributed by atoms with E-state index in [0.29, 0.717) is 6.54 Å². The fourth-order valence-electron chi connectivity index (χ4n) is 1.78. The van der Waals surface area contributed by atoms with E-state index in [0.717, 1.165) is 37.8 Å². The van der Waals surface area contributed by atoms with Crippen molar-refractivity contribution < 1.29 is 12.8 Å². The fourth-order valence-corrected chi connectivity index (χ4v) is 3.02. The smallest absolute Gasteiger partial charge is 0.242 e. The van der Waals surface area contributed by atoms with Crippen LogP contribution in [0.1, 0.15) is 12.8 Å². The van der Waals surface area contributed by atoms with Crippen LogP contribution in [0.3, 0.4) is 0 Å². The summed E-state index contributed by atoms with van der Waals surface area (Å²) in [4.78, 5) is 3.40. The zero-order chi connectivity index (χ0) is 12.3. The molecular formula is C10H14FN3O2S. The van der Waals surface area contributed by atoms with E-state index in [1.807, 2.05) is 0 Å². The highest BCUT2D eigenvalue weighted by Gasteiger charge is 2.22. The van der Waals surface area contributed by atoms with Crippen LogP contribution >= 0.6 is 0 Å². The second-order valence-corrected chi connectivity index (χ2v) is 5.72. The van der Waals surface area contributed by atoms with Crippen LogP contribution in [-0.4, -0.2) is 32.5 Å². The van der Waals surface area contributed by atoms with Crippen LogP contribution < -0.4 is 10.0 Å². The van der Waals surface area contributed by atoms with Gasteiger partial charge in [0.05, 0.1) is 6.20 Å². The summed E-state index contributed by atoms with van der Waals surface area (Å²) in [7, 11) is -3.67. The maximum Gasteiger partial charge on any atom is 0.242 e. The molecule has 7 heteroatoms. The lowest BCUT2D eigenvalue weighted by molar-refractivity contribution is 0.428. The SMILES string of the molecule is O=S(=O)(N[C@@H]1CCCNC1)c1cncc(F)c1. The van der Waals surface area contributed by atoms with Crippen LogP contribution in [0.25, 0.3) is 0 Å². The van der Waals surface area contributed by atoms with Crippen LogP contribution in [0.15, 0.2) is 23.4 Å². The second kappa shape index (κ2) is 5.07. The van der Waals surface area contributed by atoms with E-state index >= 15 is 0 Å². The monoisotopic (exact) mass is 259 g/mol. The Bertz CT molecular complexity index is 486. The molecule has 0 radical (unpaired) electrons. The van der Waals surface area contributed by atoms with Crippen LogP contribution in [0.4, 0.5) is 4.39 Å². The average molecular weight is 259 g/mol. The lowest BCUT2D eigenvalue weighted by atomic mass is 10.1. The van der Waals surface area contributed by atoms with Crippen LogP contribution in [0.2, 0.25) is 0 Å². The molecule has 0 spiro atoms. The van der Waals surface area contributed by atoms with Crippen LogP contribution in [0, 0.1) is 5.82 Å². The van der Waals surface area contributed by atoms with Crippen molar-refractivity contribution in [3.05, 3.63) is 24.3 Å². The summed E-state index contributed by atoms with van der Waals surface area (Å²) < 4.78 is 39.3. The molecule has 2 N–H and O–H groups in total. The molecule has 1 aromatic heterocycles. The summed E-state index contributed by atoms with van der Waals surface area (Å²) in [5.74, 6) is -0.658. The number of piperidine rings is 1. The number of rotatable bonds is 3. The Kier molecular flexibility index (Phi) is 3.70. The zero-order valence-corrected chi connectivity index (χ0v) is 10.0. The number of halogens is 1. The van der Waals surface area contributed by atoms with Gasteiger partial charge in [0.15, 0.2) is 0 Å². The molecule has 1 saturated heterocycles. The standard InChI is InChI=1S/C10H14FN3O2S/c11-8-4-10(7-13-5-8)17(15,16)14-9-2-1-3-12-6-9/h4-5,7,9,12,14H,1-3,6H2/t9-/m1/s1. The molecule has 0 saturated carbocycles. The first kappa shape index (κ1) is 12.4. The third kappa shape index (κ3) is 3.21. The van der Waals surface area contributed by atoms with Gasteiger partial charge in [0.25, 0.3) is 0 Å². The van der Waals surface area contributed by atoms with Gasteiger partial charge in [-0.3, -0.25) is 4.98 Å². The summed E-state index contributed by atoms with van der Waals surface area (Å²) in [6.07, 6.45) is 3.83. The Labute approximate surface area is 99.5 Å². The van der Waals surface area contributed by atoms with Gasteiger partial charge in [-0.25, -0.2) is 17.5 Å². The summed E-state index contributed by atoms with van der Waals surface area (Å²) >= 11 is 0. The minimum atomic E-state index is -3.67. The Morgan fingerprint density at radius 1 is 1.47 bits per heavy atom. The Morgan fingerprint density at radius 2 is 2.29 bits per heavy atom. The largest absolute Gasteiger partial charge is 0.315 e. The van der Waals surface area contributed by atoms with Gasteiger partial charge in [0.1, 0.15) is 10.7 Å². The third-order valence-electron chi connectivity index (χ3n) is 2.61. The summed E-state index contributed by atoms with van der Waals surface area (Å²) in [6, 6.07) is 0.822. The van der Waals surface area contributed by atoms with Crippen LogP contribution in [-0.2, 0) is 10.0 Å². The molecule has 1 aliphatic heterocycles. The molecule has 0 unspecified atom stereocenters. The highest BCUT2D eigenvalue weighted by molar-refractivity contribution is 7.89. The van der Waals surface area contributed by atoms with Crippen molar-refractivity contribution in [3.8, 4) is 0 Å². The maximum absolute atomic E-state index is 12.9. The Balaban J connectivity index is 2.13. The average Bonchev–Trinajstić information content (AvgIpc) is 2.30. The molecule has 1 fully saturated rings. The van der Waals surface area contributed by atoms with Gasteiger partial charge in [-0.1, -0.05) is 0 Å². The van der Waals surface area contributed by atoms with E-state index in [-0.39, 0.29) is 10.9 Å². The molecule has 0 aliphatic carbocycles. The summed E-state index contributed by atoms with van der Waals surface area (Å²) in [5, 5.41) is 3.10. The number of hydrogen-bond acceptors (Lipinski definition) is 4. The van der Waals surface area contributed by atoms with E-state index in [9.17, 15) is 12.8 Å². The molecular weight excluding hydrogens is 245 g/mol. The summed E-state index contributed by atoms with van der Waals surface area (Å²) in [5.41, 5.74) is 0. The molecule has 1 aliphatic rings. The van der Waals surface area contributed by atoms with E-state index < -0.39 is 15.8 Å². The number of aromatic nitrogens is 1. The van der Waals surface area contributed by atoms with Crippen molar-refractivity contribution in [3.63, 3.8) is 0 Å². The Morgan fingerprint density at radius 3 is 2.94 bits per heavy atom. The van der Waals surface area contributed by atoms with Crippen molar-refractivity contribution in [1.82, 2.24) is 15.0 Å². The predicted molar refractivity (Wildman–Crippen MR) is 60.4 cm³/mol. The number of sulfonamides is 1. The molecule has 0 bridgehead atoms. The summed E-state index contributed by atoms with van der Waals surface area (Å²) in [6.45, 7) is 1.50. The first-order chi connectivity index (χ1) is 8.08. The molecule has 1 atom stereocenters. The minimum absolute atomic E-state index is 0.136. The van der Waals surface area contributed by atoms with Crippen molar-refractivity contribution in [2.24, 2.45) is 0 Å². The highest BCUT2D eigenvalue weighted by Crippen LogP contribution is 2.11. The van der Waals surface area contributed by atoms with Gasteiger partial charge < -0.3 is 5.32 Å². The zero-order valence-electron chi connectivity index (χ0n) is 9.19. The molecule has 2 heterocycles. The number of nitrogens with zero attached hydrogens (tertiary/aromatic N) is 1. The second-order valence-electron chi connectivity index (χ2n) is 4.00. The fraction of sp³-hybridized carbons (Fsp3) is 0.500. The minimum Gasteiger partial charge on any atom is -0.315 e. The number of pyridine rings is 1. The first-order valence-electron chi connectivity index (χ1n) is 5.41. The Hall–Kier alpha value is -1.05.